The highest BCUT2D eigenvalue weighted by Gasteiger charge is 2.12. The van der Waals surface area contributed by atoms with Crippen LogP contribution in [0.3, 0.4) is 0 Å². The van der Waals surface area contributed by atoms with Crippen LogP contribution in [0.4, 0.5) is 0 Å². The summed E-state index contributed by atoms with van der Waals surface area (Å²) in [6, 6.07) is 3.55. The van der Waals surface area contributed by atoms with Gasteiger partial charge in [0.25, 0.3) is 0 Å². The van der Waals surface area contributed by atoms with Crippen LogP contribution in [0.1, 0.15) is 9.67 Å². The van der Waals surface area contributed by atoms with Gasteiger partial charge in [0.2, 0.25) is 5.12 Å². The van der Waals surface area contributed by atoms with E-state index in [0.29, 0.717) is 4.34 Å². The average molecular weight is 392 g/mol. The fourth-order valence-corrected chi connectivity index (χ4v) is 3.12. The van der Waals surface area contributed by atoms with Gasteiger partial charge in [0.1, 0.15) is 0 Å². The molecule has 0 saturated carbocycles. The lowest BCUT2D eigenvalue weighted by Gasteiger charge is -2.23. The summed E-state index contributed by atoms with van der Waals surface area (Å²) in [6.45, 7) is 0.982. The van der Waals surface area contributed by atoms with Crippen molar-refractivity contribution in [3.8, 4) is 0 Å². The molecule has 0 aliphatic heterocycles. The van der Waals surface area contributed by atoms with Crippen LogP contribution in [0.25, 0.3) is 0 Å². The van der Waals surface area contributed by atoms with Crippen LogP contribution in [-0.2, 0) is 0 Å². The van der Waals surface area contributed by atoms with E-state index >= 15 is 0 Å². The van der Waals surface area contributed by atoms with Crippen LogP contribution >= 0.6 is 34.7 Å². The standard InChI is InChI=1S/C10H15ClNOS2.HI/c1-12(2,3)6-7-14-10(13)8-4-5-9(11)15-8;/h4-5H,6-7H2,1-3H3;1H/q+1;/p-1. The fraction of sp³-hybridized carbons (Fsp3) is 0.500. The third-order valence-corrected chi connectivity index (χ3v) is 4.00. The van der Waals surface area contributed by atoms with E-state index in [-0.39, 0.29) is 29.1 Å². The predicted octanol–water partition coefficient (Wildman–Crippen LogP) is -0.0149. The molecule has 0 bridgehead atoms. The van der Waals surface area contributed by atoms with Gasteiger partial charge in [0, 0.05) is 0 Å². The minimum absolute atomic E-state index is 0. The Morgan fingerprint density at radius 1 is 1.44 bits per heavy atom. The molecular weight excluding hydrogens is 377 g/mol. The molecule has 16 heavy (non-hydrogen) atoms. The van der Waals surface area contributed by atoms with E-state index in [2.05, 4.69) is 21.1 Å². The molecule has 0 aliphatic carbocycles. The number of quaternary nitrogens is 1. The SMILES string of the molecule is C[N+](C)(C)CCSC(=O)c1ccc(Cl)s1.[I-]. The Morgan fingerprint density at radius 2 is 2.06 bits per heavy atom. The maximum Gasteiger partial charge on any atom is 0.229 e. The average Bonchev–Trinajstić information content (AvgIpc) is 2.49. The number of halogens is 2. The first kappa shape index (κ1) is 16.7. The maximum atomic E-state index is 11.7. The molecule has 0 aromatic carbocycles. The van der Waals surface area contributed by atoms with E-state index < -0.39 is 0 Å². The minimum Gasteiger partial charge on any atom is -1.00 e. The number of hydrogen-bond acceptors (Lipinski definition) is 3. The van der Waals surface area contributed by atoms with Gasteiger partial charge in [-0.25, -0.2) is 0 Å². The summed E-state index contributed by atoms with van der Waals surface area (Å²) in [5.74, 6) is 0.845. The lowest BCUT2D eigenvalue weighted by molar-refractivity contribution is -0.867. The molecule has 0 saturated heterocycles. The molecule has 0 amide bonds. The summed E-state index contributed by atoms with van der Waals surface area (Å²) < 4.78 is 1.55. The minimum atomic E-state index is 0. The molecule has 6 heteroatoms. The van der Waals surface area contributed by atoms with Crippen LogP contribution in [-0.4, -0.2) is 43.0 Å². The van der Waals surface area contributed by atoms with Crippen molar-refractivity contribution >= 4 is 39.8 Å². The molecule has 0 atom stereocenters. The molecular formula is C10H15ClINOS2. The zero-order chi connectivity index (χ0) is 11.5. The van der Waals surface area contributed by atoms with Gasteiger partial charge < -0.3 is 28.5 Å². The highest BCUT2D eigenvalue weighted by molar-refractivity contribution is 8.14. The van der Waals surface area contributed by atoms with Crippen LogP contribution in [0.5, 0.6) is 0 Å². The second kappa shape index (κ2) is 7.20. The van der Waals surface area contributed by atoms with E-state index in [4.69, 9.17) is 11.6 Å². The Hall–Kier alpha value is 0.700. The molecule has 1 rings (SSSR count). The van der Waals surface area contributed by atoms with Crippen molar-refractivity contribution in [1.82, 2.24) is 0 Å². The first-order chi connectivity index (χ1) is 6.88. The van der Waals surface area contributed by atoms with Gasteiger partial charge in [-0.15, -0.1) is 11.3 Å². The molecule has 92 valence electrons. The zero-order valence-corrected chi connectivity index (χ0v) is 14.0. The number of rotatable bonds is 4. The van der Waals surface area contributed by atoms with Crippen molar-refractivity contribution in [2.45, 2.75) is 0 Å². The van der Waals surface area contributed by atoms with Crippen molar-refractivity contribution in [2.24, 2.45) is 0 Å². The Balaban J connectivity index is 0.00000225. The third kappa shape index (κ3) is 6.44. The van der Waals surface area contributed by atoms with E-state index in [9.17, 15) is 4.79 Å². The van der Waals surface area contributed by atoms with Crippen molar-refractivity contribution in [1.29, 1.82) is 0 Å². The van der Waals surface area contributed by atoms with Gasteiger partial charge in [-0.1, -0.05) is 23.4 Å². The van der Waals surface area contributed by atoms with E-state index in [1.165, 1.54) is 23.1 Å². The molecule has 0 N–H and O–H groups in total. The Labute approximate surface area is 127 Å². The number of hydrogen-bond donors (Lipinski definition) is 0. The lowest BCUT2D eigenvalue weighted by atomic mass is 10.5. The number of thiophene rings is 1. The molecule has 0 aliphatic rings. The summed E-state index contributed by atoms with van der Waals surface area (Å²) in [4.78, 5) is 12.4. The van der Waals surface area contributed by atoms with E-state index in [1.807, 2.05) is 0 Å². The van der Waals surface area contributed by atoms with Gasteiger partial charge in [0.05, 0.1) is 42.7 Å². The monoisotopic (exact) mass is 391 g/mol. The molecule has 0 unspecified atom stereocenters. The van der Waals surface area contributed by atoms with Crippen molar-refractivity contribution in [3.05, 3.63) is 21.3 Å². The zero-order valence-electron chi connectivity index (χ0n) is 9.50. The lowest BCUT2D eigenvalue weighted by Crippen LogP contribution is -3.00. The molecule has 1 aromatic heterocycles. The third-order valence-electron chi connectivity index (χ3n) is 1.77. The number of carbonyl (C=O) groups excluding carboxylic acids is 1. The summed E-state index contributed by atoms with van der Waals surface area (Å²) in [5.41, 5.74) is 0. The topological polar surface area (TPSA) is 17.1 Å². The molecule has 0 radical (unpaired) electrons. The van der Waals surface area contributed by atoms with Crippen molar-refractivity contribution in [3.63, 3.8) is 0 Å². The molecule has 1 aromatic rings. The Morgan fingerprint density at radius 3 is 2.50 bits per heavy atom. The fourth-order valence-electron chi connectivity index (χ4n) is 0.907. The van der Waals surface area contributed by atoms with Gasteiger partial charge in [-0.2, -0.15) is 0 Å². The highest BCUT2D eigenvalue weighted by atomic mass is 127. The van der Waals surface area contributed by atoms with Crippen molar-refractivity contribution in [2.75, 3.05) is 33.4 Å². The second-order valence-corrected chi connectivity index (χ2v) is 7.04. The highest BCUT2D eigenvalue weighted by Crippen LogP contribution is 2.25. The first-order valence-electron chi connectivity index (χ1n) is 4.61. The Kier molecular flexibility index (Phi) is 7.52. The number of thioether (sulfide) groups is 1. The maximum absolute atomic E-state index is 11.7. The summed E-state index contributed by atoms with van der Waals surface area (Å²) in [5, 5.41) is 0.125. The van der Waals surface area contributed by atoms with Gasteiger partial charge in [-0.3, -0.25) is 4.79 Å². The number of carbonyl (C=O) groups is 1. The summed E-state index contributed by atoms with van der Waals surface area (Å²) in [7, 11) is 6.35. The second-order valence-electron chi connectivity index (χ2n) is 4.25. The van der Waals surface area contributed by atoms with Gasteiger partial charge in [0.15, 0.2) is 0 Å². The van der Waals surface area contributed by atoms with Gasteiger partial charge in [-0.05, 0) is 12.1 Å². The molecule has 0 fully saturated rings. The van der Waals surface area contributed by atoms with Crippen LogP contribution in [0, 0.1) is 0 Å². The van der Waals surface area contributed by atoms with Crippen LogP contribution in [0.2, 0.25) is 4.34 Å². The molecule has 2 nitrogen and oxygen atoms in total. The Bertz CT molecular complexity index is 349. The van der Waals surface area contributed by atoms with Gasteiger partial charge >= 0.3 is 0 Å². The normalized spacial score (nSPS) is 11.0. The quantitative estimate of drug-likeness (QED) is 0.530. The molecule has 0 spiro atoms. The van der Waals surface area contributed by atoms with Crippen LogP contribution < -0.4 is 24.0 Å². The smallest absolute Gasteiger partial charge is 0.229 e. The summed E-state index contributed by atoms with van der Waals surface area (Å²) >= 11 is 8.48. The van der Waals surface area contributed by atoms with E-state index in [0.717, 1.165) is 21.7 Å². The van der Waals surface area contributed by atoms with Crippen molar-refractivity contribution < 1.29 is 33.3 Å². The van der Waals surface area contributed by atoms with E-state index in [1.54, 1.807) is 12.1 Å². The molecule has 1 heterocycles. The van der Waals surface area contributed by atoms with Crippen LogP contribution in [0.15, 0.2) is 12.1 Å². The largest absolute Gasteiger partial charge is 1.00 e. The first-order valence-corrected chi connectivity index (χ1v) is 6.79. The number of nitrogens with zero attached hydrogens (tertiary/aromatic N) is 1. The summed E-state index contributed by atoms with van der Waals surface area (Å²) in [6.07, 6.45) is 0. The predicted molar refractivity (Wildman–Crippen MR) is 69.0 cm³/mol.